The maximum atomic E-state index is 10.5. The van der Waals surface area contributed by atoms with Crippen LogP contribution in [0, 0.1) is 0 Å². The highest BCUT2D eigenvalue weighted by molar-refractivity contribution is 6.31. The molecule has 0 spiro atoms. The van der Waals surface area contributed by atoms with Gasteiger partial charge in [-0.05, 0) is 35.9 Å². The summed E-state index contributed by atoms with van der Waals surface area (Å²) in [6.07, 6.45) is -0.755. The van der Waals surface area contributed by atoms with Gasteiger partial charge in [-0.2, -0.15) is 0 Å². The largest absolute Gasteiger partial charge is 0.384 e. The summed E-state index contributed by atoms with van der Waals surface area (Å²) in [5, 5.41) is 11.7. The van der Waals surface area contributed by atoms with Gasteiger partial charge in [-0.3, -0.25) is 0 Å². The summed E-state index contributed by atoms with van der Waals surface area (Å²) in [4.78, 5) is 1.94. The molecular formula is C15H15Cl2NO. The molecule has 0 amide bonds. The van der Waals surface area contributed by atoms with E-state index in [4.69, 9.17) is 23.2 Å². The molecule has 0 aliphatic heterocycles. The number of rotatable bonds is 3. The van der Waals surface area contributed by atoms with Gasteiger partial charge in [0, 0.05) is 35.4 Å². The van der Waals surface area contributed by atoms with Gasteiger partial charge < -0.3 is 10.0 Å². The van der Waals surface area contributed by atoms with Gasteiger partial charge in [0.2, 0.25) is 0 Å². The fraction of sp³-hybridized carbons (Fsp3) is 0.200. The number of nitrogens with zero attached hydrogens (tertiary/aromatic N) is 1. The Morgan fingerprint density at radius 1 is 1.00 bits per heavy atom. The van der Waals surface area contributed by atoms with Crippen molar-refractivity contribution in [2.75, 3.05) is 19.0 Å². The summed E-state index contributed by atoms with van der Waals surface area (Å²) in [6.45, 7) is 0. The van der Waals surface area contributed by atoms with Crippen LogP contribution < -0.4 is 4.90 Å². The molecule has 0 radical (unpaired) electrons. The molecule has 0 aliphatic carbocycles. The zero-order valence-electron chi connectivity index (χ0n) is 10.8. The predicted molar refractivity (Wildman–Crippen MR) is 81.3 cm³/mol. The molecule has 0 aliphatic rings. The monoisotopic (exact) mass is 295 g/mol. The Bertz CT molecular complexity index is 584. The van der Waals surface area contributed by atoms with Gasteiger partial charge in [0.25, 0.3) is 0 Å². The minimum atomic E-state index is -0.755. The number of aliphatic hydroxyl groups is 1. The van der Waals surface area contributed by atoms with Crippen LogP contribution in [0.25, 0.3) is 0 Å². The first-order chi connectivity index (χ1) is 8.99. The molecule has 19 heavy (non-hydrogen) atoms. The van der Waals surface area contributed by atoms with Crippen LogP contribution in [0.4, 0.5) is 5.69 Å². The Labute approximate surface area is 123 Å². The molecule has 2 nitrogen and oxygen atoms in total. The standard InChI is InChI=1S/C15H15Cl2NO/c1-18(2)14-7-6-12(17)9-13(14)15(19)10-4-3-5-11(16)8-10/h3-9,15,19H,1-2H3. The summed E-state index contributed by atoms with van der Waals surface area (Å²) >= 11 is 12.0. The number of hydrogen-bond acceptors (Lipinski definition) is 2. The molecule has 1 N–H and O–H groups in total. The molecule has 0 fully saturated rings. The number of benzene rings is 2. The molecule has 0 saturated carbocycles. The van der Waals surface area contributed by atoms with E-state index in [9.17, 15) is 5.11 Å². The second-order valence-corrected chi connectivity index (χ2v) is 5.43. The maximum absolute atomic E-state index is 10.5. The van der Waals surface area contributed by atoms with Crippen molar-refractivity contribution in [3.8, 4) is 0 Å². The van der Waals surface area contributed by atoms with Gasteiger partial charge >= 0.3 is 0 Å². The van der Waals surface area contributed by atoms with Crippen LogP contribution in [0.1, 0.15) is 17.2 Å². The van der Waals surface area contributed by atoms with Crippen molar-refractivity contribution in [1.29, 1.82) is 0 Å². The van der Waals surface area contributed by atoms with E-state index in [0.29, 0.717) is 10.0 Å². The van der Waals surface area contributed by atoms with Crippen molar-refractivity contribution >= 4 is 28.9 Å². The van der Waals surface area contributed by atoms with E-state index in [-0.39, 0.29) is 0 Å². The van der Waals surface area contributed by atoms with Gasteiger partial charge in [-0.15, -0.1) is 0 Å². The third-order valence-corrected chi connectivity index (χ3v) is 3.40. The third kappa shape index (κ3) is 3.21. The Hall–Kier alpha value is -1.22. The lowest BCUT2D eigenvalue weighted by Crippen LogP contribution is -2.13. The van der Waals surface area contributed by atoms with Crippen LogP contribution in [0.3, 0.4) is 0 Å². The molecule has 0 bridgehead atoms. The number of aliphatic hydroxyl groups excluding tert-OH is 1. The lowest BCUT2D eigenvalue weighted by molar-refractivity contribution is 0.220. The van der Waals surface area contributed by atoms with Crippen LogP contribution in [-0.4, -0.2) is 19.2 Å². The van der Waals surface area contributed by atoms with Crippen molar-refractivity contribution < 1.29 is 5.11 Å². The van der Waals surface area contributed by atoms with Crippen LogP contribution in [0.5, 0.6) is 0 Å². The van der Waals surface area contributed by atoms with E-state index in [1.165, 1.54) is 0 Å². The Kier molecular flexibility index (Phi) is 4.35. The zero-order chi connectivity index (χ0) is 14.0. The molecular weight excluding hydrogens is 281 g/mol. The van der Waals surface area contributed by atoms with E-state index in [1.54, 1.807) is 18.2 Å². The number of halogens is 2. The minimum Gasteiger partial charge on any atom is -0.384 e. The molecule has 1 unspecified atom stereocenters. The van der Waals surface area contributed by atoms with Crippen molar-refractivity contribution in [2.24, 2.45) is 0 Å². The fourth-order valence-electron chi connectivity index (χ4n) is 2.01. The Morgan fingerprint density at radius 2 is 1.68 bits per heavy atom. The maximum Gasteiger partial charge on any atom is 0.106 e. The molecule has 100 valence electrons. The Balaban J connectivity index is 2.48. The summed E-state index contributed by atoms with van der Waals surface area (Å²) < 4.78 is 0. The quantitative estimate of drug-likeness (QED) is 0.920. The number of hydrogen-bond donors (Lipinski definition) is 1. The average Bonchev–Trinajstić information content (AvgIpc) is 2.37. The molecule has 0 saturated heterocycles. The minimum absolute atomic E-state index is 0.599. The topological polar surface area (TPSA) is 23.5 Å². The van der Waals surface area contributed by atoms with Crippen LogP contribution >= 0.6 is 23.2 Å². The van der Waals surface area contributed by atoms with Gasteiger partial charge in [-0.1, -0.05) is 35.3 Å². The van der Waals surface area contributed by atoms with Crippen molar-refractivity contribution in [3.63, 3.8) is 0 Å². The molecule has 2 aromatic carbocycles. The molecule has 2 aromatic rings. The van der Waals surface area contributed by atoms with E-state index < -0.39 is 6.10 Å². The normalized spacial score (nSPS) is 12.3. The van der Waals surface area contributed by atoms with Crippen LogP contribution in [0.2, 0.25) is 10.0 Å². The van der Waals surface area contributed by atoms with E-state index in [1.807, 2.05) is 43.3 Å². The molecule has 1 atom stereocenters. The predicted octanol–water partition coefficient (Wildman–Crippen LogP) is 4.14. The molecule has 0 heterocycles. The highest BCUT2D eigenvalue weighted by atomic mass is 35.5. The van der Waals surface area contributed by atoms with Gasteiger partial charge in [0.1, 0.15) is 6.10 Å². The van der Waals surface area contributed by atoms with Crippen molar-refractivity contribution in [3.05, 3.63) is 63.6 Å². The molecule has 2 rings (SSSR count). The summed E-state index contributed by atoms with van der Waals surface area (Å²) in [7, 11) is 3.86. The fourth-order valence-corrected chi connectivity index (χ4v) is 2.39. The lowest BCUT2D eigenvalue weighted by Gasteiger charge is -2.21. The number of anilines is 1. The van der Waals surface area contributed by atoms with Crippen molar-refractivity contribution in [2.45, 2.75) is 6.10 Å². The smallest absolute Gasteiger partial charge is 0.106 e. The van der Waals surface area contributed by atoms with E-state index in [2.05, 4.69) is 0 Å². The summed E-state index contributed by atoms with van der Waals surface area (Å²) in [5.74, 6) is 0. The zero-order valence-corrected chi connectivity index (χ0v) is 12.3. The van der Waals surface area contributed by atoms with Gasteiger partial charge in [-0.25, -0.2) is 0 Å². The van der Waals surface area contributed by atoms with E-state index in [0.717, 1.165) is 16.8 Å². The second kappa shape index (κ2) is 5.83. The van der Waals surface area contributed by atoms with Gasteiger partial charge in [0.05, 0.1) is 0 Å². The first kappa shape index (κ1) is 14.2. The third-order valence-electron chi connectivity index (χ3n) is 2.93. The summed E-state index contributed by atoms with van der Waals surface area (Å²) in [6, 6.07) is 12.7. The van der Waals surface area contributed by atoms with Crippen molar-refractivity contribution in [1.82, 2.24) is 0 Å². The first-order valence-corrected chi connectivity index (χ1v) is 6.65. The molecule has 0 aromatic heterocycles. The highest BCUT2D eigenvalue weighted by Crippen LogP contribution is 2.32. The lowest BCUT2D eigenvalue weighted by atomic mass is 9.99. The highest BCUT2D eigenvalue weighted by Gasteiger charge is 2.16. The van der Waals surface area contributed by atoms with E-state index >= 15 is 0 Å². The van der Waals surface area contributed by atoms with Crippen LogP contribution in [-0.2, 0) is 0 Å². The second-order valence-electron chi connectivity index (χ2n) is 4.56. The average molecular weight is 296 g/mol. The SMILES string of the molecule is CN(C)c1ccc(Cl)cc1C(O)c1cccc(Cl)c1. The Morgan fingerprint density at radius 3 is 2.32 bits per heavy atom. The first-order valence-electron chi connectivity index (χ1n) is 5.89. The molecule has 4 heteroatoms. The van der Waals surface area contributed by atoms with Gasteiger partial charge in [0.15, 0.2) is 0 Å². The van der Waals surface area contributed by atoms with Crippen LogP contribution in [0.15, 0.2) is 42.5 Å². The summed E-state index contributed by atoms with van der Waals surface area (Å²) in [5.41, 5.74) is 2.44.